The van der Waals surface area contributed by atoms with Crippen molar-refractivity contribution in [2.24, 2.45) is 0 Å². The van der Waals surface area contributed by atoms with Crippen LogP contribution in [0, 0.1) is 17.1 Å². The lowest BCUT2D eigenvalue weighted by atomic mass is 9.99. The Balaban J connectivity index is 1.62. The maximum absolute atomic E-state index is 14.1. The van der Waals surface area contributed by atoms with Gasteiger partial charge in [-0.15, -0.1) is 0 Å². The Kier molecular flexibility index (Phi) is 3.89. The first kappa shape index (κ1) is 16.5. The van der Waals surface area contributed by atoms with Crippen LogP contribution < -0.4 is 10.9 Å². The van der Waals surface area contributed by atoms with E-state index in [0.717, 1.165) is 24.5 Å². The minimum atomic E-state index is -0.730. The summed E-state index contributed by atoms with van der Waals surface area (Å²) in [6, 6.07) is 4.72. The molecule has 2 aliphatic heterocycles. The highest BCUT2D eigenvalue weighted by molar-refractivity contribution is 6.32. The maximum atomic E-state index is 14.1. The van der Waals surface area contributed by atoms with Crippen LogP contribution in [0.25, 0.3) is 0 Å². The number of nitrogens with zero attached hydrogens (tertiary/aromatic N) is 3. The van der Waals surface area contributed by atoms with Crippen LogP contribution in [-0.2, 0) is 6.42 Å². The highest BCUT2D eigenvalue weighted by Crippen LogP contribution is 2.42. The van der Waals surface area contributed by atoms with Gasteiger partial charge in [0.25, 0.3) is 5.56 Å². The van der Waals surface area contributed by atoms with Crippen LogP contribution >= 0.6 is 11.6 Å². The number of nitriles is 1. The molecule has 0 unspecified atom stereocenters. The van der Waals surface area contributed by atoms with Crippen LogP contribution in [0.2, 0.25) is 5.02 Å². The number of aromatic nitrogens is 2. The zero-order chi connectivity index (χ0) is 18.4. The number of halogens is 2. The number of carbonyl (C=O) groups is 1. The molecule has 26 heavy (non-hydrogen) atoms. The van der Waals surface area contributed by atoms with Crippen molar-refractivity contribution in [3.63, 3.8) is 0 Å². The number of aromatic amines is 1. The number of amides is 2. The Hall–Kier alpha value is -2.92. The number of rotatable bonds is 1. The smallest absolute Gasteiger partial charge is 0.313 e. The third-order valence-corrected chi connectivity index (χ3v) is 5.16. The second kappa shape index (κ2) is 6.11. The molecule has 2 aromatic rings. The summed E-state index contributed by atoms with van der Waals surface area (Å²) < 4.78 is 14.1. The third kappa shape index (κ3) is 2.61. The number of nitrogens with one attached hydrogen (secondary N) is 2. The summed E-state index contributed by atoms with van der Waals surface area (Å²) >= 11 is 5.92. The van der Waals surface area contributed by atoms with Gasteiger partial charge in [0.05, 0.1) is 28.0 Å². The molecule has 9 heteroatoms. The van der Waals surface area contributed by atoms with Gasteiger partial charge < -0.3 is 10.2 Å². The Morgan fingerprint density at radius 3 is 3.00 bits per heavy atom. The van der Waals surface area contributed by atoms with Crippen molar-refractivity contribution >= 4 is 23.3 Å². The molecule has 2 amide bonds. The van der Waals surface area contributed by atoms with E-state index < -0.39 is 11.8 Å². The number of fused-ring (bicyclic) bond motifs is 4. The number of benzene rings is 1. The highest BCUT2D eigenvalue weighted by atomic mass is 35.5. The Bertz CT molecular complexity index is 1020. The maximum Gasteiger partial charge on any atom is 0.322 e. The van der Waals surface area contributed by atoms with Crippen molar-refractivity contribution in [1.29, 1.82) is 5.26 Å². The minimum absolute atomic E-state index is 0.00212. The molecule has 3 heterocycles. The zero-order valence-corrected chi connectivity index (χ0v) is 14.2. The van der Waals surface area contributed by atoms with Crippen molar-refractivity contribution in [2.45, 2.75) is 31.3 Å². The summed E-state index contributed by atoms with van der Waals surface area (Å²) in [5.41, 5.74) is 1.17. The first-order valence-electron chi connectivity index (χ1n) is 8.05. The van der Waals surface area contributed by atoms with Crippen LogP contribution in [0.3, 0.4) is 0 Å². The molecule has 4 rings (SSSR count). The number of carbonyl (C=O) groups excluding carboxylic acids is 1. The van der Waals surface area contributed by atoms with E-state index in [1.54, 1.807) is 11.0 Å². The van der Waals surface area contributed by atoms with Gasteiger partial charge in [-0.1, -0.05) is 11.6 Å². The lowest BCUT2D eigenvalue weighted by molar-refractivity contribution is 0.177. The monoisotopic (exact) mass is 373 g/mol. The van der Waals surface area contributed by atoms with Crippen LogP contribution in [0.5, 0.6) is 0 Å². The van der Waals surface area contributed by atoms with Crippen molar-refractivity contribution in [1.82, 2.24) is 15.1 Å². The fourth-order valence-corrected chi connectivity index (χ4v) is 3.93. The topological polar surface area (TPSA) is 102 Å². The van der Waals surface area contributed by atoms with Crippen molar-refractivity contribution in [3.05, 3.63) is 56.2 Å². The Labute approximate surface area is 152 Å². The molecule has 2 aliphatic rings. The van der Waals surface area contributed by atoms with E-state index in [4.69, 9.17) is 16.9 Å². The molecule has 132 valence electrons. The lowest BCUT2D eigenvalue weighted by Crippen LogP contribution is -2.45. The summed E-state index contributed by atoms with van der Waals surface area (Å²) in [5, 5.41) is 18.0. The van der Waals surface area contributed by atoms with E-state index in [9.17, 15) is 14.0 Å². The van der Waals surface area contributed by atoms with E-state index in [-0.39, 0.29) is 33.9 Å². The SMILES string of the molecule is N#Cc1cc(F)c(NC(=O)N2[C@H]3CC[C@@H]2c2n[nH]c(=O)cc2C3)cc1Cl. The standard InChI is InChI=1S/C17H13ClFN5O2/c18-11-6-13(12(19)4-9(11)7-20)21-17(26)24-10-1-2-14(24)16-8(3-10)5-15(25)22-23-16/h4-6,10,14H,1-3H2,(H,21,26)(H,22,25)/t10-,14+/m0/s1. The van der Waals surface area contributed by atoms with E-state index in [2.05, 4.69) is 15.5 Å². The third-order valence-electron chi connectivity index (χ3n) is 4.85. The fraction of sp³-hybridized carbons (Fsp3) is 0.294. The molecular formula is C17H13ClFN5O2. The summed E-state index contributed by atoms with van der Waals surface area (Å²) in [5.74, 6) is -0.730. The molecule has 0 radical (unpaired) electrons. The fourth-order valence-electron chi connectivity index (χ4n) is 3.72. The van der Waals surface area contributed by atoms with Gasteiger partial charge in [0.1, 0.15) is 11.9 Å². The van der Waals surface area contributed by atoms with Gasteiger partial charge in [0.2, 0.25) is 0 Å². The average Bonchev–Trinajstić information content (AvgIpc) is 2.93. The van der Waals surface area contributed by atoms with Crippen LogP contribution in [-0.4, -0.2) is 27.2 Å². The summed E-state index contributed by atoms with van der Waals surface area (Å²) in [6.07, 6.45) is 2.03. The van der Waals surface area contributed by atoms with E-state index in [1.807, 2.05) is 0 Å². The zero-order valence-electron chi connectivity index (χ0n) is 13.4. The number of H-pyrrole nitrogens is 1. The van der Waals surface area contributed by atoms with Gasteiger partial charge in [0, 0.05) is 12.1 Å². The normalized spacial score (nSPS) is 20.4. The van der Waals surface area contributed by atoms with E-state index >= 15 is 0 Å². The van der Waals surface area contributed by atoms with Gasteiger partial charge in [0.15, 0.2) is 0 Å². The summed E-state index contributed by atoms with van der Waals surface area (Å²) in [4.78, 5) is 25.9. The first-order valence-corrected chi connectivity index (χ1v) is 8.42. The molecule has 0 aliphatic carbocycles. The molecule has 7 nitrogen and oxygen atoms in total. The van der Waals surface area contributed by atoms with Gasteiger partial charge >= 0.3 is 6.03 Å². The predicted molar refractivity (Wildman–Crippen MR) is 91.3 cm³/mol. The van der Waals surface area contributed by atoms with Gasteiger partial charge in [-0.05, 0) is 37.0 Å². The van der Waals surface area contributed by atoms with Gasteiger partial charge in [-0.3, -0.25) is 4.79 Å². The number of urea groups is 1. The predicted octanol–water partition coefficient (Wildman–Crippen LogP) is 2.73. The van der Waals surface area contributed by atoms with Crippen LogP contribution in [0.4, 0.5) is 14.9 Å². The second-order valence-corrected chi connectivity index (χ2v) is 6.76. The highest BCUT2D eigenvalue weighted by Gasteiger charge is 2.44. The molecule has 2 bridgehead atoms. The molecule has 1 aromatic carbocycles. The quantitative estimate of drug-likeness (QED) is 0.802. The van der Waals surface area contributed by atoms with E-state index in [0.29, 0.717) is 12.1 Å². The average molecular weight is 374 g/mol. The Morgan fingerprint density at radius 2 is 2.23 bits per heavy atom. The molecule has 1 aromatic heterocycles. The van der Waals surface area contributed by atoms with Crippen LogP contribution in [0.1, 0.15) is 35.7 Å². The number of anilines is 1. The lowest BCUT2D eigenvalue weighted by Gasteiger charge is -2.35. The largest absolute Gasteiger partial charge is 0.322 e. The molecule has 1 fully saturated rings. The van der Waals surface area contributed by atoms with Gasteiger partial charge in [-0.25, -0.2) is 14.3 Å². The second-order valence-electron chi connectivity index (χ2n) is 6.35. The number of hydrogen-bond donors (Lipinski definition) is 2. The first-order chi connectivity index (χ1) is 12.5. The van der Waals surface area contributed by atoms with Crippen molar-refractivity contribution in [3.8, 4) is 6.07 Å². The molecular weight excluding hydrogens is 361 g/mol. The molecule has 0 saturated carbocycles. The van der Waals surface area contributed by atoms with Crippen molar-refractivity contribution in [2.75, 3.05) is 5.32 Å². The minimum Gasteiger partial charge on any atom is -0.313 e. The molecule has 1 saturated heterocycles. The Morgan fingerprint density at radius 1 is 1.42 bits per heavy atom. The van der Waals surface area contributed by atoms with E-state index in [1.165, 1.54) is 12.1 Å². The summed E-state index contributed by atoms with van der Waals surface area (Å²) in [6.45, 7) is 0. The molecule has 2 N–H and O–H groups in total. The summed E-state index contributed by atoms with van der Waals surface area (Å²) in [7, 11) is 0. The van der Waals surface area contributed by atoms with Crippen molar-refractivity contribution < 1.29 is 9.18 Å². The van der Waals surface area contributed by atoms with Gasteiger partial charge in [-0.2, -0.15) is 10.4 Å². The molecule has 2 atom stereocenters. The number of hydrogen-bond acceptors (Lipinski definition) is 4. The molecule has 0 spiro atoms. The van der Waals surface area contributed by atoms with Crippen LogP contribution in [0.15, 0.2) is 23.0 Å².